The van der Waals surface area contributed by atoms with Crippen LogP contribution in [0.5, 0.6) is 0 Å². The fourth-order valence-electron chi connectivity index (χ4n) is 2.64. The number of carboxylic acid groups (broad SMARTS) is 1. The molecule has 2 rings (SSSR count). The second-order valence-electron chi connectivity index (χ2n) is 4.73. The third-order valence-electron chi connectivity index (χ3n) is 3.56. The van der Waals surface area contributed by atoms with Crippen LogP contribution in [0, 0.1) is 5.92 Å². The summed E-state index contributed by atoms with van der Waals surface area (Å²) in [5.74, 6) is -1.42. The first kappa shape index (κ1) is 15.8. The van der Waals surface area contributed by atoms with Gasteiger partial charge in [-0.2, -0.15) is 0 Å². The van der Waals surface area contributed by atoms with Gasteiger partial charge in [0.15, 0.2) is 0 Å². The maximum absolute atomic E-state index is 12.2. The molecule has 1 aromatic rings. The predicted molar refractivity (Wildman–Crippen MR) is 82.1 cm³/mol. The standard InChI is InChI=1S/C13H15BrClNO3S/c1-2-16-10(17)5-3-4-7(13(18)19)11(16)9-6-8(14)12(15)20-9/h6-7,11H,2-5H2,1H3,(H,18,19). The monoisotopic (exact) mass is 379 g/mol. The number of amides is 1. The Morgan fingerprint density at radius 3 is 2.85 bits per heavy atom. The number of carbonyl (C=O) groups excluding carboxylic acids is 1. The zero-order valence-electron chi connectivity index (χ0n) is 10.9. The van der Waals surface area contributed by atoms with Crippen LogP contribution in [0.2, 0.25) is 4.34 Å². The highest BCUT2D eigenvalue weighted by Crippen LogP contribution is 2.43. The highest BCUT2D eigenvalue weighted by molar-refractivity contribution is 9.10. The molecule has 0 spiro atoms. The lowest BCUT2D eigenvalue weighted by Gasteiger charge is -2.31. The molecule has 7 heteroatoms. The SMILES string of the molecule is CCN1C(=O)CCCC(C(=O)O)C1c1cc(Br)c(Cl)s1. The lowest BCUT2D eigenvalue weighted by atomic mass is 9.93. The molecule has 1 aromatic heterocycles. The van der Waals surface area contributed by atoms with Crippen LogP contribution < -0.4 is 0 Å². The van der Waals surface area contributed by atoms with Crippen molar-refractivity contribution < 1.29 is 14.7 Å². The maximum atomic E-state index is 12.2. The molecule has 20 heavy (non-hydrogen) atoms. The van der Waals surface area contributed by atoms with Crippen LogP contribution in [0.1, 0.15) is 37.1 Å². The number of carboxylic acids is 1. The van der Waals surface area contributed by atoms with Gasteiger partial charge in [-0.15, -0.1) is 11.3 Å². The zero-order chi connectivity index (χ0) is 14.9. The van der Waals surface area contributed by atoms with Gasteiger partial charge >= 0.3 is 5.97 Å². The zero-order valence-corrected chi connectivity index (χ0v) is 14.1. The van der Waals surface area contributed by atoms with Crippen LogP contribution in [-0.4, -0.2) is 28.4 Å². The van der Waals surface area contributed by atoms with Gasteiger partial charge in [0.05, 0.1) is 12.0 Å². The van der Waals surface area contributed by atoms with Gasteiger partial charge < -0.3 is 10.0 Å². The Balaban J connectivity index is 2.47. The van der Waals surface area contributed by atoms with Crippen LogP contribution in [-0.2, 0) is 9.59 Å². The number of aliphatic carboxylic acids is 1. The Bertz CT molecular complexity index is 512. The van der Waals surface area contributed by atoms with E-state index in [2.05, 4.69) is 15.9 Å². The van der Waals surface area contributed by atoms with Gasteiger partial charge in [-0.25, -0.2) is 0 Å². The average Bonchev–Trinajstić information content (AvgIpc) is 2.62. The smallest absolute Gasteiger partial charge is 0.308 e. The fraction of sp³-hybridized carbons (Fsp3) is 0.538. The van der Waals surface area contributed by atoms with E-state index in [0.29, 0.717) is 30.1 Å². The summed E-state index contributed by atoms with van der Waals surface area (Å²) in [6.07, 6.45) is 1.53. The first-order valence-electron chi connectivity index (χ1n) is 6.42. The van der Waals surface area contributed by atoms with E-state index in [1.165, 1.54) is 11.3 Å². The second-order valence-corrected chi connectivity index (χ2v) is 7.27. The maximum Gasteiger partial charge on any atom is 0.308 e. The topological polar surface area (TPSA) is 57.6 Å². The number of thiophene rings is 1. The summed E-state index contributed by atoms with van der Waals surface area (Å²) in [6.45, 7) is 2.37. The Kier molecular flexibility index (Phi) is 5.09. The minimum Gasteiger partial charge on any atom is -0.481 e. The summed E-state index contributed by atoms with van der Waals surface area (Å²) in [6, 6.07) is 1.40. The first-order chi connectivity index (χ1) is 9.45. The fourth-order valence-corrected chi connectivity index (χ4v) is 4.55. The van der Waals surface area contributed by atoms with Crippen molar-refractivity contribution in [3.05, 3.63) is 19.8 Å². The third kappa shape index (κ3) is 3.02. The van der Waals surface area contributed by atoms with E-state index < -0.39 is 17.9 Å². The quantitative estimate of drug-likeness (QED) is 0.864. The second kappa shape index (κ2) is 6.45. The van der Waals surface area contributed by atoms with E-state index in [1.54, 1.807) is 4.90 Å². The molecule has 0 aliphatic carbocycles. The van der Waals surface area contributed by atoms with Crippen LogP contribution in [0.4, 0.5) is 0 Å². The van der Waals surface area contributed by atoms with E-state index in [4.69, 9.17) is 11.6 Å². The minimum atomic E-state index is -0.858. The lowest BCUT2D eigenvalue weighted by Crippen LogP contribution is -2.38. The first-order valence-corrected chi connectivity index (χ1v) is 8.41. The highest BCUT2D eigenvalue weighted by atomic mass is 79.9. The van der Waals surface area contributed by atoms with Crippen molar-refractivity contribution in [3.63, 3.8) is 0 Å². The van der Waals surface area contributed by atoms with Gasteiger partial charge in [-0.05, 0) is 41.8 Å². The molecule has 2 heterocycles. The largest absolute Gasteiger partial charge is 0.481 e. The normalized spacial score (nSPS) is 23.8. The van der Waals surface area contributed by atoms with Gasteiger partial charge in [0.1, 0.15) is 4.34 Å². The Hall–Kier alpha value is -0.590. The number of nitrogens with zero attached hydrogens (tertiary/aromatic N) is 1. The van der Waals surface area contributed by atoms with Gasteiger partial charge in [0, 0.05) is 22.3 Å². The number of hydrogen-bond donors (Lipinski definition) is 1. The van der Waals surface area contributed by atoms with Crippen molar-refractivity contribution in [2.75, 3.05) is 6.54 Å². The number of rotatable bonds is 3. The van der Waals surface area contributed by atoms with Gasteiger partial charge in [0.2, 0.25) is 5.91 Å². The molecule has 0 aromatic carbocycles. The van der Waals surface area contributed by atoms with Crippen LogP contribution in [0.3, 0.4) is 0 Å². The van der Waals surface area contributed by atoms with Gasteiger partial charge in [-0.1, -0.05) is 11.6 Å². The van der Waals surface area contributed by atoms with Crippen molar-refractivity contribution in [2.24, 2.45) is 5.92 Å². The molecular formula is C13H15BrClNO3S. The molecular weight excluding hydrogens is 366 g/mol. The van der Waals surface area contributed by atoms with E-state index in [1.807, 2.05) is 13.0 Å². The molecule has 1 aliphatic heterocycles. The molecule has 4 nitrogen and oxygen atoms in total. The highest BCUT2D eigenvalue weighted by Gasteiger charge is 2.39. The molecule has 1 saturated heterocycles. The average molecular weight is 381 g/mol. The van der Waals surface area contributed by atoms with Crippen molar-refractivity contribution in [3.8, 4) is 0 Å². The van der Waals surface area contributed by atoms with Crippen LogP contribution in [0.15, 0.2) is 10.5 Å². The number of halogens is 2. The van der Waals surface area contributed by atoms with Crippen LogP contribution >= 0.6 is 38.9 Å². The number of hydrogen-bond acceptors (Lipinski definition) is 3. The number of likely N-dealkylation sites (tertiary alicyclic amines) is 1. The summed E-state index contributed by atoms with van der Waals surface area (Å²) < 4.78 is 1.33. The van der Waals surface area contributed by atoms with E-state index in [9.17, 15) is 14.7 Å². The van der Waals surface area contributed by atoms with Gasteiger partial charge in [0.25, 0.3) is 0 Å². The molecule has 110 valence electrons. The van der Waals surface area contributed by atoms with E-state index >= 15 is 0 Å². The van der Waals surface area contributed by atoms with Crippen molar-refractivity contribution >= 4 is 50.7 Å². The predicted octanol–water partition coefficient (Wildman–Crippen LogP) is 3.94. The summed E-state index contributed by atoms with van der Waals surface area (Å²) in [7, 11) is 0. The summed E-state index contributed by atoms with van der Waals surface area (Å²) in [5, 5.41) is 9.49. The van der Waals surface area contributed by atoms with E-state index in [0.717, 1.165) is 9.35 Å². The molecule has 1 amide bonds. The van der Waals surface area contributed by atoms with E-state index in [-0.39, 0.29) is 5.91 Å². The minimum absolute atomic E-state index is 0.0156. The van der Waals surface area contributed by atoms with Crippen molar-refractivity contribution in [2.45, 2.75) is 32.2 Å². The molecule has 1 aliphatic rings. The van der Waals surface area contributed by atoms with Gasteiger partial charge in [-0.3, -0.25) is 9.59 Å². The third-order valence-corrected chi connectivity index (χ3v) is 6.10. The lowest BCUT2D eigenvalue weighted by molar-refractivity contribution is -0.145. The molecule has 2 unspecified atom stereocenters. The van der Waals surface area contributed by atoms with Crippen molar-refractivity contribution in [1.29, 1.82) is 0 Å². The van der Waals surface area contributed by atoms with Crippen molar-refractivity contribution in [1.82, 2.24) is 4.90 Å². The number of carbonyl (C=O) groups is 2. The molecule has 1 N–H and O–H groups in total. The summed E-state index contributed by atoms with van der Waals surface area (Å²) in [5.41, 5.74) is 0. The Labute approximate surface area is 134 Å². The molecule has 1 fully saturated rings. The Morgan fingerprint density at radius 1 is 1.65 bits per heavy atom. The van der Waals surface area contributed by atoms with Crippen LogP contribution in [0.25, 0.3) is 0 Å². The molecule has 2 atom stereocenters. The summed E-state index contributed by atoms with van der Waals surface area (Å²) in [4.78, 5) is 26.2. The molecule has 0 bridgehead atoms. The summed E-state index contributed by atoms with van der Waals surface area (Å²) >= 11 is 10.7. The Morgan fingerprint density at radius 2 is 2.35 bits per heavy atom. The molecule has 0 saturated carbocycles. The molecule has 0 radical (unpaired) electrons.